The van der Waals surface area contributed by atoms with Gasteiger partial charge in [0, 0.05) is 28.6 Å². The van der Waals surface area contributed by atoms with E-state index >= 15 is 0 Å². The first kappa shape index (κ1) is 16.7. The van der Waals surface area contributed by atoms with Crippen LogP contribution < -0.4 is 0 Å². The summed E-state index contributed by atoms with van der Waals surface area (Å²) < 4.78 is 0. The highest BCUT2D eigenvalue weighted by molar-refractivity contribution is 5.78. The van der Waals surface area contributed by atoms with Crippen LogP contribution >= 0.6 is 0 Å². The van der Waals surface area contributed by atoms with Crippen molar-refractivity contribution in [1.29, 1.82) is 0 Å². The van der Waals surface area contributed by atoms with Crippen molar-refractivity contribution in [2.75, 3.05) is 14.1 Å². The summed E-state index contributed by atoms with van der Waals surface area (Å²) in [6, 6.07) is 14.7. The SMILES string of the molecule is CN(C)Cc1cc2cc3ccc(cc4nc(cc5nc(cc1[nH]2)C=C5)C=C4)[nH]3. The predicted molar refractivity (Wildman–Crippen MR) is 116 cm³/mol. The normalized spacial score (nSPS) is 12.8. The zero-order chi connectivity index (χ0) is 19.1. The van der Waals surface area contributed by atoms with Gasteiger partial charge in [0.1, 0.15) is 0 Å². The largest absolute Gasteiger partial charge is 0.355 e. The Morgan fingerprint density at radius 1 is 0.679 bits per heavy atom. The van der Waals surface area contributed by atoms with Crippen molar-refractivity contribution in [2.45, 2.75) is 6.54 Å². The summed E-state index contributed by atoms with van der Waals surface area (Å²) in [5, 5.41) is 0. The molecule has 0 atom stereocenters. The molecule has 138 valence electrons. The Labute approximate surface area is 163 Å². The lowest BCUT2D eigenvalue weighted by atomic mass is 10.2. The highest BCUT2D eigenvalue weighted by atomic mass is 15.0. The fourth-order valence-corrected chi connectivity index (χ4v) is 3.55. The van der Waals surface area contributed by atoms with Gasteiger partial charge in [-0.2, -0.15) is 0 Å². The Morgan fingerprint density at radius 2 is 1.29 bits per heavy atom. The molecule has 0 spiro atoms. The van der Waals surface area contributed by atoms with Crippen molar-refractivity contribution in [2.24, 2.45) is 0 Å². The second kappa shape index (κ2) is 6.62. The highest BCUT2D eigenvalue weighted by Gasteiger charge is 2.06. The molecule has 5 rings (SSSR count). The van der Waals surface area contributed by atoms with Crippen LogP contribution in [0.15, 0.2) is 42.5 Å². The number of fused-ring (bicyclic) bond motifs is 8. The first-order valence-corrected chi connectivity index (χ1v) is 9.33. The molecule has 5 heteroatoms. The Hall–Kier alpha value is -3.44. The summed E-state index contributed by atoms with van der Waals surface area (Å²) in [4.78, 5) is 18.5. The molecule has 8 bridgehead atoms. The van der Waals surface area contributed by atoms with Crippen molar-refractivity contribution in [3.8, 4) is 0 Å². The summed E-state index contributed by atoms with van der Waals surface area (Å²) in [6.45, 7) is 0.861. The van der Waals surface area contributed by atoms with E-state index in [0.717, 1.165) is 51.4 Å². The molecule has 0 saturated carbocycles. The fourth-order valence-electron chi connectivity index (χ4n) is 3.55. The summed E-state index contributed by atoms with van der Waals surface area (Å²) in [5.41, 5.74) is 9.18. The number of nitrogens with one attached hydrogen (secondary N) is 2. The minimum Gasteiger partial charge on any atom is -0.355 e. The van der Waals surface area contributed by atoms with E-state index in [1.165, 1.54) is 5.56 Å². The van der Waals surface area contributed by atoms with Crippen LogP contribution in [0, 0.1) is 0 Å². The van der Waals surface area contributed by atoms with Gasteiger partial charge in [-0.15, -0.1) is 0 Å². The Morgan fingerprint density at radius 3 is 1.96 bits per heavy atom. The van der Waals surface area contributed by atoms with Crippen molar-refractivity contribution in [3.63, 3.8) is 0 Å². The van der Waals surface area contributed by atoms with Gasteiger partial charge in [0.05, 0.1) is 22.8 Å². The summed E-state index contributed by atoms with van der Waals surface area (Å²) >= 11 is 0. The average molecular weight is 367 g/mol. The average Bonchev–Trinajstić information content (AvgIpc) is 3.40. The van der Waals surface area contributed by atoms with E-state index in [2.05, 4.69) is 70.3 Å². The van der Waals surface area contributed by atoms with E-state index < -0.39 is 0 Å². The number of nitrogens with zero attached hydrogens (tertiary/aromatic N) is 3. The quantitative estimate of drug-likeness (QED) is 0.475. The molecule has 0 saturated heterocycles. The fraction of sp³-hybridized carbons (Fsp3) is 0.130. The zero-order valence-corrected chi connectivity index (χ0v) is 15.9. The van der Waals surface area contributed by atoms with E-state index in [9.17, 15) is 0 Å². The van der Waals surface area contributed by atoms with Crippen LogP contribution in [0.4, 0.5) is 0 Å². The van der Waals surface area contributed by atoms with E-state index in [0.29, 0.717) is 0 Å². The summed E-state index contributed by atoms with van der Waals surface area (Å²) in [5.74, 6) is 0. The Kier molecular flexibility index (Phi) is 3.95. The van der Waals surface area contributed by atoms with E-state index in [4.69, 9.17) is 4.98 Å². The van der Waals surface area contributed by atoms with E-state index in [-0.39, 0.29) is 0 Å². The molecule has 5 nitrogen and oxygen atoms in total. The van der Waals surface area contributed by atoms with Crippen LogP contribution in [0.25, 0.3) is 46.4 Å². The third-order valence-electron chi connectivity index (χ3n) is 4.74. The third-order valence-corrected chi connectivity index (χ3v) is 4.74. The molecule has 0 radical (unpaired) electrons. The van der Waals surface area contributed by atoms with Gasteiger partial charge in [0.25, 0.3) is 0 Å². The molecule has 28 heavy (non-hydrogen) atoms. The Balaban J connectivity index is 1.81. The molecule has 3 aromatic rings. The van der Waals surface area contributed by atoms with Crippen molar-refractivity contribution >= 4 is 46.4 Å². The second-order valence-electron chi connectivity index (χ2n) is 7.44. The van der Waals surface area contributed by atoms with E-state index in [1.807, 2.05) is 30.4 Å². The van der Waals surface area contributed by atoms with Gasteiger partial charge in [0.15, 0.2) is 0 Å². The topological polar surface area (TPSA) is 60.6 Å². The van der Waals surface area contributed by atoms with Crippen molar-refractivity contribution < 1.29 is 0 Å². The maximum atomic E-state index is 4.73. The minimum absolute atomic E-state index is 0.861. The zero-order valence-electron chi connectivity index (χ0n) is 15.9. The van der Waals surface area contributed by atoms with Gasteiger partial charge < -0.3 is 14.9 Å². The molecule has 0 aromatic carbocycles. The highest BCUT2D eigenvalue weighted by Crippen LogP contribution is 2.20. The third kappa shape index (κ3) is 3.40. The molecule has 3 aromatic heterocycles. The molecule has 2 aliphatic heterocycles. The van der Waals surface area contributed by atoms with Crippen LogP contribution in [0.3, 0.4) is 0 Å². The van der Waals surface area contributed by atoms with Crippen molar-refractivity contribution in [1.82, 2.24) is 24.8 Å². The monoisotopic (exact) mass is 367 g/mol. The predicted octanol–water partition coefficient (Wildman–Crippen LogP) is 4.72. The molecular weight excluding hydrogens is 346 g/mol. The van der Waals surface area contributed by atoms with Crippen LogP contribution in [-0.4, -0.2) is 38.9 Å². The molecule has 5 heterocycles. The first-order valence-electron chi connectivity index (χ1n) is 9.33. The molecule has 2 N–H and O–H groups in total. The molecule has 2 aliphatic rings. The molecular formula is C23H21N5. The lowest BCUT2D eigenvalue weighted by molar-refractivity contribution is 0.404. The number of aromatic amines is 2. The van der Waals surface area contributed by atoms with E-state index in [1.54, 1.807) is 0 Å². The number of H-pyrrole nitrogens is 2. The van der Waals surface area contributed by atoms with Crippen LogP contribution in [0.5, 0.6) is 0 Å². The Bertz CT molecular complexity index is 1270. The van der Waals surface area contributed by atoms with Crippen LogP contribution in [-0.2, 0) is 6.54 Å². The smallest absolute Gasteiger partial charge is 0.0659 e. The standard InChI is InChI=1S/C23H21N5/c1-28(2)14-15-9-22-12-20-6-5-18(25-20)10-16-3-4-17(24-16)11-19-7-8-21(26-19)13-23(15)27-22/h3-13,25,27H,14H2,1-2H3. The molecule has 0 aliphatic carbocycles. The first-order chi connectivity index (χ1) is 13.6. The van der Waals surface area contributed by atoms with Crippen LogP contribution in [0.1, 0.15) is 28.3 Å². The molecule has 0 fully saturated rings. The lowest BCUT2D eigenvalue weighted by Crippen LogP contribution is -2.10. The minimum atomic E-state index is 0.861. The van der Waals surface area contributed by atoms with Crippen LogP contribution in [0.2, 0.25) is 0 Å². The lowest BCUT2D eigenvalue weighted by Gasteiger charge is -2.07. The van der Waals surface area contributed by atoms with Gasteiger partial charge in [0.2, 0.25) is 0 Å². The van der Waals surface area contributed by atoms with Gasteiger partial charge in [-0.1, -0.05) is 0 Å². The second-order valence-corrected chi connectivity index (χ2v) is 7.44. The van der Waals surface area contributed by atoms with Crippen molar-refractivity contribution in [3.05, 3.63) is 70.8 Å². The molecule has 0 unspecified atom stereocenters. The maximum Gasteiger partial charge on any atom is 0.0659 e. The number of hydrogen-bond acceptors (Lipinski definition) is 3. The number of aromatic nitrogens is 4. The van der Waals surface area contributed by atoms with Gasteiger partial charge in [-0.25, -0.2) is 9.97 Å². The maximum absolute atomic E-state index is 4.73. The van der Waals surface area contributed by atoms with Gasteiger partial charge in [-0.3, -0.25) is 0 Å². The van der Waals surface area contributed by atoms with Gasteiger partial charge >= 0.3 is 0 Å². The summed E-state index contributed by atoms with van der Waals surface area (Å²) in [7, 11) is 4.16. The number of hydrogen-bond donors (Lipinski definition) is 2. The number of rotatable bonds is 2. The molecule has 0 amide bonds. The summed E-state index contributed by atoms with van der Waals surface area (Å²) in [6.07, 6.45) is 8.11. The van der Waals surface area contributed by atoms with Gasteiger partial charge in [-0.05, 0) is 86.4 Å².